The minimum atomic E-state index is -0.621. The van der Waals surface area contributed by atoms with Crippen LogP contribution in [0.25, 0.3) is 0 Å². The van der Waals surface area contributed by atoms with Crippen molar-refractivity contribution in [3.63, 3.8) is 0 Å². The van der Waals surface area contributed by atoms with E-state index in [1.54, 1.807) is 0 Å². The molecule has 0 aromatic heterocycles. The summed E-state index contributed by atoms with van der Waals surface area (Å²) in [5.74, 6) is -0.192. The fourth-order valence-electron chi connectivity index (χ4n) is 2.63. The Bertz CT molecular complexity index is 382. The summed E-state index contributed by atoms with van der Waals surface area (Å²) in [6.45, 7) is 5.53. The van der Waals surface area contributed by atoms with Crippen LogP contribution >= 0.6 is 0 Å². The van der Waals surface area contributed by atoms with Crippen LogP contribution in [0, 0.1) is 5.41 Å². The molecule has 0 saturated carbocycles. The van der Waals surface area contributed by atoms with E-state index in [9.17, 15) is 9.59 Å². The lowest BCUT2D eigenvalue weighted by Gasteiger charge is -2.38. The number of carbonyl (C=O) groups is 2. The summed E-state index contributed by atoms with van der Waals surface area (Å²) >= 11 is 0. The molecule has 2 saturated heterocycles. The molecular weight excluding hydrogens is 262 g/mol. The van der Waals surface area contributed by atoms with Gasteiger partial charge in [-0.15, -0.1) is 0 Å². The number of nitrogens with two attached hydrogens (primary N) is 1. The number of amides is 1. The molecule has 2 N–H and O–H groups in total. The fraction of sp³-hybridized carbons (Fsp3) is 0.846. The van der Waals surface area contributed by atoms with Gasteiger partial charge in [0.25, 0.3) is 0 Å². The van der Waals surface area contributed by atoms with Crippen molar-refractivity contribution in [3.05, 3.63) is 0 Å². The van der Waals surface area contributed by atoms with Gasteiger partial charge in [0, 0.05) is 32.2 Å². The van der Waals surface area contributed by atoms with Crippen molar-refractivity contribution in [2.24, 2.45) is 11.1 Å². The summed E-state index contributed by atoms with van der Waals surface area (Å²) in [6.07, 6.45) is 0. The van der Waals surface area contributed by atoms with E-state index >= 15 is 0 Å². The highest BCUT2D eigenvalue weighted by Gasteiger charge is 2.46. The van der Waals surface area contributed by atoms with Gasteiger partial charge >= 0.3 is 5.97 Å². The lowest BCUT2D eigenvalue weighted by Crippen LogP contribution is -2.57. The molecular formula is C13H23N3O4. The number of hydrogen-bond acceptors (Lipinski definition) is 6. The van der Waals surface area contributed by atoms with Crippen LogP contribution < -0.4 is 5.73 Å². The predicted molar refractivity (Wildman–Crippen MR) is 71.9 cm³/mol. The zero-order valence-electron chi connectivity index (χ0n) is 12.1. The topological polar surface area (TPSA) is 85.1 Å². The summed E-state index contributed by atoms with van der Waals surface area (Å²) in [5, 5.41) is 0. The lowest BCUT2D eigenvalue weighted by molar-refractivity contribution is -0.145. The predicted octanol–water partition coefficient (Wildman–Crippen LogP) is -1.33. The van der Waals surface area contributed by atoms with E-state index < -0.39 is 5.41 Å². The fourth-order valence-corrected chi connectivity index (χ4v) is 2.63. The van der Waals surface area contributed by atoms with Crippen LogP contribution in [0.15, 0.2) is 0 Å². The van der Waals surface area contributed by atoms with Crippen LogP contribution in [0.1, 0.15) is 6.92 Å². The van der Waals surface area contributed by atoms with Crippen LogP contribution in [0.5, 0.6) is 0 Å². The van der Waals surface area contributed by atoms with Gasteiger partial charge in [0.05, 0.1) is 32.3 Å². The van der Waals surface area contributed by atoms with Crippen molar-refractivity contribution in [3.8, 4) is 0 Å². The highest BCUT2D eigenvalue weighted by molar-refractivity contribution is 5.84. The molecule has 0 radical (unpaired) electrons. The average Bonchev–Trinajstić information content (AvgIpc) is 2.80. The first-order chi connectivity index (χ1) is 9.47. The maximum Gasteiger partial charge on any atom is 0.319 e. The van der Waals surface area contributed by atoms with Crippen molar-refractivity contribution in [1.29, 1.82) is 0 Å². The smallest absolute Gasteiger partial charge is 0.319 e. The van der Waals surface area contributed by atoms with Crippen molar-refractivity contribution < 1.29 is 19.1 Å². The molecule has 0 aliphatic carbocycles. The van der Waals surface area contributed by atoms with Gasteiger partial charge in [-0.1, -0.05) is 0 Å². The van der Waals surface area contributed by atoms with Crippen LogP contribution in [0.3, 0.4) is 0 Å². The van der Waals surface area contributed by atoms with Gasteiger partial charge in [0.1, 0.15) is 0 Å². The molecule has 114 valence electrons. The van der Waals surface area contributed by atoms with E-state index in [1.165, 1.54) is 7.11 Å². The average molecular weight is 285 g/mol. The minimum absolute atomic E-state index is 0.0558. The van der Waals surface area contributed by atoms with Gasteiger partial charge < -0.3 is 20.1 Å². The summed E-state index contributed by atoms with van der Waals surface area (Å²) in [5.41, 5.74) is 5.37. The van der Waals surface area contributed by atoms with Crippen molar-refractivity contribution in [2.75, 3.05) is 53.0 Å². The quantitative estimate of drug-likeness (QED) is 0.647. The second-order valence-electron chi connectivity index (χ2n) is 5.68. The zero-order chi connectivity index (χ0) is 14.8. The maximum absolute atomic E-state index is 12.6. The maximum atomic E-state index is 12.6. The van der Waals surface area contributed by atoms with Gasteiger partial charge in [-0.25, -0.2) is 0 Å². The van der Waals surface area contributed by atoms with Crippen LogP contribution in [0.4, 0.5) is 0 Å². The molecule has 1 amide bonds. The Balaban J connectivity index is 1.87. The molecule has 2 unspecified atom stereocenters. The Morgan fingerprint density at radius 3 is 2.50 bits per heavy atom. The number of methoxy groups -OCH3 is 1. The number of rotatable bonds is 3. The lowest BCUT2D eigenvalue weighted by atomic mass is 9.84. The van der Waals surface area contributed by atoms with E-state index in [2.05, 4.69) is 4.74 Å². The van der Waals surface area contributed by atoms with Gasteiger partial charge in [-0.2, -0.15) is 0 Å². The molecule has 2 atom stereocenters. The first-order valence-corrected chi connectivity index (χ1v) is 6.89. The molecule has 2 rings (SSSR count). The van der Waals surface area contributed by atoms with E-state index in [0.29, 0.717) is 39.4 Å². The van der Waals surface area contributed by atoms with Gasteiger partial charge in [0.2, 0.25) is 5.91 Å². The number of carbonyl (C=O) groups excluding carboxylic acids is 2. The van der Waals surface area contributed by atoms with E-state index in [0.717, 1.165) is 0 Å². The van der Waals surface area contributed by atoms with Crippen molar-refractivity contribution in [2.45, 2.75) is 13.0 Å². The first-order valence-electron chi connectivity index (χ1n) is 6.89. The molecule has 2 heterocycles. The van der Waals surface area contributed by atoms with Crippen LogP contribution in [-0.4, -0.2) is 80.8 Å². The molecule has 0 bridgehead atoms. The monoisotopic (exact) mass is 285 g/mol. The third kappa shape index (κ3) is 2.94. The van der Waals surface area contributed by atoms with E-state index in [4.69, 9.17) is 10.5 Å². The van der Waals surface area contributed by atoms with Gasteiger partial charge in [-0.3, -0.25) is 14.5 Å². The largest absolute Gasteiger partial charge is 0.468 e. The second kappa shape index (κ2) is 6.07. The minimum Gasteiger partial charge on any atom is -0.468 e. The van der Waals surface area contributed by atoms with Crippen LogP contribution in [-0.2, 0) is 19.1 Å². The molecule has 2 fully saturated rings. The first kappa shape index (κ1) is 15.2. The second-order valence-corrected chi connectivity index (χ2v) is 5.68. The number of esters is 1. The van der Waals surface area contributed by atoms with Crippen molar-refractivity contribution in [1.82, 2.24) is 9.80 Å². The number of ether oxygens (including phenoxy) is 2. The van der Waals surface area contributed by atoms with Gasteiger partial charge in [0.15, 0.2) is 0 Å². The third-order valence-electron chi connectivity index (χ3n) is 4.25. The molecule has 7 nitrogen and oxygen atoms in total. The Kier molecular flexibility index (Phi) is 4.62. The third-order valence-corrected chi connectivity index (χ3v) is 4.25. The number of hydrogen-bond donors (Lipinski definition) is 1. The normalized spacial score (nSPS) is 31.4. The molecule has 20 heavy (non-hydrogen) atoms. The SMILES string of the molecule is COC(=O)CN1CCN(C(=O)C2(C)COCC2N)CC1. The molecule has 2 aliphatic heterocycles. The van der Waals surface area contributed by atoms with E-state index in [-0.39, 0.29) is 24.5 Å². The summed E-state index contributed by atoms with van der Waals surface area (Å²) in [4.78, 5) is 27.6. The summed E-state index contributed by atoms with van der Waals surface area (Å²) in [6, 6.07) is -0.247. The standard InChI is InChI=1S/C13H23N3O4/c1-13(9-20-8-10(13)14)12(18)16-5-3-15(4-6-16)7-11(17)19-2/h10H,3-9,14H2,1-2H3. The molecule has 0 aromatic carbocycles. The van der Waals surface area contributed by atoms with Crippen LogP contribution in [0.2, 0.25) is 0 Å². The molecule has 0 aromatic rings. The highest BCUT2D eigenvalue weighted by Crippen LogP contribution is 2.29. The number of piperazine rings is 1. The Hall–Kier alpha value is -1.18. The van der Waals surface area contributed by atoms with Crippen molar-refractivity contribution >= 4 is 11.9 Å². The zero-order valence-corrected chi connectivity index (χ0v) is 12.1. The van der Waals surface area contributed by atoms with Gasteiger partial charge in [-0.05, 0) is 6.92 Å². The Morgan fingerprint density at radius 1 is 1.35 bits per heavy atom. The summed E-state index contributed by atoms with van der Waals surface area (Å²) in [7, 11) is 1.38. The Labute approximate surface area is 119 Å². The number of nitrogens with zero attached hydrogens (tertiary/aromatic N) is 2. The van der Waals surface area contributed by atoms with E-state index in [1.807, 2.05) is 16.7 Å². The summed E-state index contributed by atoms with van der Waals surface area (Å²) < 4.78 is 9.97. The molecule has 7 heteroatoms. The molecule has 2 aliphatic rings. The molecule has 0 spiro atoms. The Morgan fingerprint density at radius 2 is 2.00 bits per heavy atom. The highest BCUT2D eigenvalue weighted by atomic mass is 16.5.